The fourth-order valence-electron chi connectivity index (χ4n) is 2.41. The number of benzene rings is 1. The third-order valence-corrected chi connectivity index (χ3v) is 3.49. The molecule has 2 heterocycles. The highest BCUT2D eigenvalue weighted by Gasteiger charge is 2.08. The number of nitrogens with one attached hydrogen (secondary N) is 1. The monoisotopic (exact) mass is 351 g/mol. The summed E-state index contributed by atoms with van der Waals surface area (Å²) in [6.07, 6.45) is 3.99. The molecular weight excluding hydrogens is 330 g/mol. The molecule has 3 aromatic rings. The molecular formula is C19H21N5O2. The summed E-state index contributed by atoms with van der Waals surface area (Å²) in [5.74, 6) is 2.60. The lowest BCUT2D eigenvalue weighted by Gasteiger charge is -2.10. The highest BCUT2D eigenvalue weighted by atomic mass is 16.5. The van der Waals surface area contributed by atoms with E-state index < -0.39 is 0 Å². The Morgan fingerprint density at radius 1 is 1.23 bits per heavy atom. The highest BCUT2D eigenvalue weighted by Crippen LogP contribution is 2.23. The third-order valence-electron chi connectivity index (χ3n) is 3.49. The number of hydrogen-bond acceptors (Lipinski definition) is 5. The number of aromatic nitrogens is 4. The lowest BCUT2D eigenvalue weighted by molar-refractivity contribution is -0.116. The molecule has 0 radical (unpaired) electrons. The van der Waals surface area contributed by atoms with E-state index in [0.717, 1.165) is 5.69 Å². The maximum absolute atomic E-state index is 11.8. The number of aryl methyl sites for hydroxylation is 1. The van der Waals surface area contributed by atoms with Gasteiger partial charge in [0.15, 0.2) is 5.82 Å². The van der Waals surface area contributed by atoms with Crippen LogP contribution < -0.4 is 10.1 Å². The normalized spacial score (nSPS) is 10.8. The van der Waals surface area contributed by atoms with Crippen molar-refractivity contribution in [2.75, 3.05) is 5.32 Å². The summed E-state index contributed by atoms with van der Waals surface area (Å²) in [6.45, 7) is 5.82. The number of hydrogen-bond donors (Lipinski definition) is 1. The van der Waals surface area contributed by atoms with Crippen molar-refractivity contribution >= 4 is 11.6 Å². The Bertz CT molecular complexity index is 873. The molecule has 134 valence electrons. The number of rotatable bonds is 6. The van der Waals surface area contributed by atoms with E-state index in [2.05, 4.69) is 20.4 Å². The molecule has 7 heteroatoms. The first-order chi connectivity index (χ1) is 12.5. The van der Waals surface area contributed by atoms with E-state index >= 15 is 0 Å². The van der Waals surface area contributed by atoms with E-state index in [0.29, 0.717) is 35.6 Å². The molecule has 7 nitrogen and oxygen atoms in total. The fraction of sp³-hybridized carbons (Fsp3) is 0.263. The lowest BCUT2D eigenvalue weighted by atomic mass is 10.1. The van der Waals surface area contributed by atoms with E-state index in [-0.39, 0.29) is 5.91 Å². The maximum Gasteiger partial charge on any atom is 0.224 e. The molecule has 0 aliphatic rings. The van der Waals surface area contributed by atoms with Gasteiger partial charge in [0.1, 0.15) is 11.6 Å². The molecule has 0 aliphatic heterocycles. The van der Waals surface area contributed by atoms with Gasteiger partial charge in [0, 0.05) is 30.6 Å². The fourth-order valence-corrected chi connectivity index (χ4v) is 2.41. The molecule has 0 bridgehead atoms. The molecule has 1 amide bonds. The Balaban J connectivity index is 1.70. The first-order valence-electron chi connectivity index (χ1n) is 8.43. The molecule has 0 fully saturated rings. The van der Waals surface area contributed by atoms with Crippen molar-refractivity contribution in [1.29, 1.82) is 0 Å². The van der Waals surface area contributed by atoms with Crippen molar-refractivity contribution in [2.45, 2.75) is 27.2 Å². The van der Waals surface area contributed by atoms with Gasteiger partial charge in [-0.05, 0) is 43.2 Å². The van der Waals surface area contributed by atoms with Gasteiger partial charge in [-0.15, -0.1) is 0 Å². The summed E-state index contributed by atoms with van der Waals surface area (Å²) >= 11 is 0. The van der Waals surface area contributed by atoms with Gasteiger partial charge in [-0.25, -0.2) is 9.67 Å². The Kier molecular flexibility index (Phi) is 5.26. The van der Waals surface area contributed by atoms with Crippen LogP contribution in [0.2, 0.25) is 0 Å². The second-order valence-electron chi connectivity index (χ2n) is 6.33. The van der Waals surface area contributed by atoms with Crippen molar-refractivity contribution in [3.63, 3.8) is 0 Å². The molecule has 3 rings (SSSR count). The topological polar surface area (TPSA) is 81.9 Å². The molecule has 2 aromatic heterocycles. The summed E-state index contributed by atoms with van der Waals surface area (Å²) < 4.78 is 7.47. The number of carbonyl (C=O) groups is 1. The van der Waals surface area contributed by atoms with Crippen molar-refractivity contribution in [3.8, 4) is 17.4 Å². The number of carbonyl (C=O) groups excluding carboxylic acids is 1. The van der Waals surface area contributed by atoms with E-state index in [1.807, 2.05) is 19.9 Å². The Morgan fingerprint density at radius 2 is 2.00 bits per heavy atom. The summed E-state index contributed by atoms with van der Waals surface area (Å²) in [7, 11) is 0. The molecule has 0 spiro atoms. The Morgan fingerprint density at radius 3 is 2.65 bits per heavy atom. The van der Waals surface area contributed by atoms with Crippen LogP contribution in [0.15, 0.2) is 48.8 Å². The minimum Gasteiger partial charge on any atom is -0.439 e. The second kappa shape index (κ2) is 7.77. The van der Waals surface area contributed by atoms with Crippen LogP contribution in [0.5, 0.6) is 11.6 Å². The summed E-state index contributed by atoms with van der Waals surface area (Å²) in [6, 6.07) is 10.7. The van der Waals surface area contributed by atoms with Crippen LogP contribution in [0.3, 0.4) is 0 Å². The Labute approximate surface area is 152 Å². The van der Waals surface area contributed by atoms with Crippen LogP contribution in [0.25, 0.3) is 5.82 Å². The molecule has 0 atom stereocenters. The van der Waals surface area contributed by atoms with Crippen molar-refractivity contribution in [1.82, 2.24) is 19.7 Å². The minimum atomic E-state index is 0.00366. The van der Waals surface area contributed by atoms with E-state index in [4.69, 9.17) is 4.74 Å². The van der Waals surface area contributed by atoms with Gasteiger partial charge in [0.2, 0.25) is 11.8 Å². The zero-order valence-corrected chi connectivity index (χ0v) is 15.0. The quantitative estimate of drug-likeness (QED) is 0.731. The van der Waals surface area contributed by atoms with Crippen LogP contribution in [-0.4, -0.2) is 25.7 Å². The summed E-state index contributed by atoms with van der Waals surface area (Å²) in [5.41, 5.74) is 0.735. The highest BCUT2D eigenvalue weighted by molar-refractivity contribution is 5.90. The van der Waals surface area contributed by atoms with Crippen LogP contribution >= 0.6 is 0 Å². The van der Waals surface area contributed by atoms with Crippen molar-refractivity contribution in [2.24, 2.45) is 5.92 Å². The van der Waals surface area contributed by atoms with Crippen molar-refractivity contribution in [3.05, 3.63) is 54.6 Å². The maximum atomic E-state index is 11.8. The van der Waals surface area contributed by atoms with Crippen molar-refractivity contribution < 1.29 is 9.53 Å². The average molecular weight is 351 g/mol. The van der Waals surface area contributed by atoms with Crippen LogP contribution in [0, 0.1) is 12.8 Å². The van der Waals surface area contributed by atoms with Gasteiger partial charge in [-0.3, -0.25) is 4.79 Å². The summed E-state index contributed by atoms with van der Waals surface area (Å²) in [4.78, 5) is 20.5. The smallest absolute Gasteiger partial charge is 0.224 e. The lowest BCUT2D eigenvalue weighted by Crippen LogP contribution is -2.13. The first kappa shape index (κ1) is 17.6. The average Bonchev–Trinajstić information content (AvgIpc) is 3.10. The van der Waals surface area contributed by atoms with Crippen LogP contribution in [0.4, 0.5) is 5.69 Å². The Hall–Kier alpha value is -3.22. The minimum absolute atomic E-state index is 0.00366. The molecule has 1 aromatic carbocycles. The number of ether oxygens (including phenoxy) is 1. The molecule has 0 saturated carbocycles. The predicted molar refractivity (Wildman–Crippen MR) is 98.5 cm³/mol. The molecule has 26 heavy (non-hydrogen) atoms. The summed E-state index contributed by atoms with van der Waals surface area (Å²) in [5, 5.41) is 7.04. The number of anilines is 1. The third kappa shape index (κ3) is 4.66. The van der Waals surface area contributed by atoms with Gasteiger partial charge in [-0.2, -0.15) is 10.1 Å². The van der Waals surface area contributed by atoms with Crippen LogP contribution in [-0.2, 0) is 4.79 Å². The van der Waals surface area contributed by atoms with E-state index in [1.54, 1.807) is 54.3 Å². The number of nitrogens with zero attached hydrogens (tertiary/aromatic N) is 4. The van der Waals surface area contributed by atoms with Gasteiger partial charge >= 0.3 is 0 Å². The molecule has 0 saturated heterocycles. The van der Waals surface area contributed by atoms with Gasteiger partial charge in [-0.1, -0.05) is 13.8 Å². The van der Waals surface area contributed by atoms with Gasteiger partial charge in [0.05, 0.1) is 0 Å². The second-order valence-corrected chi connectivity index (χ2v) is 6.33. The zero-order valence-electron chi connectivity index (χ0n) is 15.0. The first-order valence-corrected chi connectivity index (χ1v) is 8.43. The predicted octanol–water partition coefficient (Wildman–Crippen LogP) is 3.75. The SMILES string of the molecule is Cc1nc(Oc2ccc(NC(=O)CC(C)C)cc2)cc(-n2cccn2)n1. The van der Waals surface area contributed by atoms with E-state index in [9.17, 15) is 4.79 Å². The number of amides is 1. The standard InChI is InChI=1S/C19H21N5O2/c1-13(2)11-18(25)23-15-5-7-16(8-6-15)26-19-12-17(21-14(3)22-19)24-10-4-9-20-24/h4-10,12-13H,11H2,1-3H3,(H,23,25). The molecule has 0 unspecified atom stereocenters. The molecule has 1 N–H and O–H groups in total. The van der Waals surface area contributed by atoms with Gasteiger partial charge in [0.25, 0.3) is 0 Å². The van der Waals surface area contributed by atoms with Crippen LogP contribution in [0.1, 0.15) is 26.1 Å². The largest absolute Gasteiger partial charge is 0.439 e. The van der Waals surface area contributed by atoms with Gasteiger partial charge < -0.3 is 10.1 Å². The zero-order chi connectivity index (χ0) is 18.5. The van der Waals surface area contributed by atoms with E-state index in [1.165, 1.54) is 0 Å². The molecule has 0 aliphatic carbocycles.